The highest BCUT2D eigenvalue weighted by atomic mass is 14.2. The van der Waals surface area contributed by atoms with Gasteiger partial charge < -0.3 is 0 Å². The lowest BCUT2D eigenvalue weighted by molar-refractivity contribution is 0.799. The highest BCUT2D eigenvalue weighted by Crippen LogP contribution is 2.35. The first-order valence-corrected chi connectivity index (χ1v) is 13.7. The first-order valence-electron chi connectivity index (χ1n) is 13.7. The molecule has 0 heteroatoms. The van der Waals surface area contributed by atoms with Gasteiger partial charge in [-0.3, -0.25) is 0 Å². The Morgan fingerprint density at radius 2 is 1.12 bits per heavy atom. The zero-order valence-electron chi connectivity index (χ0n) is 25.4. The Morgan fingerprint density at radius 3 is 1.35 bits per heavy atom. The molecule has 0 radical (unpaired) electrons. The topological polar surface area (TPSA) is 0 Å². The fourth-order valence-corrected chi connectivity index (χ4v) is 3.34. The van der Waals surface area contributed by atoms with E-state index < -0.39 is 0 Å². The molecule has 0 aliphatic heterocycles. The molecule has 34 heavy (non-hydrogen) atoms. The average molecular weight is 467 g/mol. The molecule has 0 spiro atoms. The number of hydrogen-bond acceptors (Lipinski definition) is 0. The lowest BCUT2D eigenvalue weighted by Crippen LogP contribution is -2.05. The van der Waals surface area contributed by atoms with Crippen LogP contribution >= 0.6 is 0 Å². The van der Waals surface area contributed by atoms with Crippen molar-refractivity contribution in [2.24, 2.45) is 0 Å². The van der Waals surface area contributed by atoms with E-state index in [1.165, 1.54) is 39.0 Å². The van der Waals surface area contributed by atoms with Gasteiger partial charge in [0.1, 0.15) is 0 Å². The summed E-state index contributed by atoms with van der Waals surface area (Å²) in [4.78, 5) is 0. The van der Waals surface area contributed by atoms with Gasteiger partial charge >= 0.3 is 0 Å². The van der Waals surface area contributed by atoms with Crippen LogP contribution in [0.4, 0.5) is 0 Å². The quantitative estimate of drug-likeness (QED) is 0.397. The van der Waals surface area contributed by atoms with Crippen molar-refractivity contribution in [2.45, 2.75) is 121 Å². The minimum atomic E-state index is 0.549. The van der Waals surface area contributed by atoms with Gasteiger partial charge in [-0.25, -0.2) is 0 Å². The van der Waals surface area contributed by atoms with Crippen molar-refractivity contribution in [3.63, 3.8) is 0 Å². The first kappa shape index (κ1) is 36.5. The molecule has 0 N–H and O–H groups in total. The Morgan fingerprint density at radius 1 is 0.735 bits per heavy atom. The molecule has 0 saturated carbocycles. The van der Waals surface area contributed by atoms with Gasteiger partial charge in [0.05, 0.1) is 0 Å². The second kappa shape index (κ2) is 21.5. The summed E-state index contributed by atoms with van der Waals surface area (Å²) in [5.74, 6) is 1.68. The number of aryl methyl sites for hydroxylation is 1. The molecule has 0 bridgehead atoms. The molecular formula is C34H58. The normalized spacial score (nSPS) is 9.44. The second-order valence-corrected chi connectivity index (χ2v) is 8.62. The maximum Gasteiger partial charge on any atom is -0.0164 e. The van der Waals surface area contributed by atoms with Crippen LogP contribution in [-0.4, -0.2) is 0 Å². The van der Waals surface area contributed by atoms with Gasteiger partial charge in [-0.05, 0) is 64.5 Å². The van der Waals surface area contributed by atoms with Gasteiger partial charge in [-0.15, -0.1) is 0 Å². The van der Waals surface area contributed by atoms with Crippen LogP contribution in [0.5, 0.6) is 0 Å². The van der Waals surface area contributed by atoms with Crippen molar-refractivity contribution >= 4 is 11.6 Å². The van der Waals surface area contributed by atoms with E-state index in [1.807, 2.05) is 47.6 Å². The molecule has 0 fully saturated rings. The Labute approximate surface area is 215 Å². The van der Waals surface area contributed by atoms with E-state index in [0.29, 0.717) is 17.8 Å². The van der Waals surface area contributed by atoms with E-state index in [1.54, 1.807) is 0 Å². The molecule has 2 aromatic carbocycles. The summed E-state index contributed by atoms with van der Waals surface area (Å²) in [5.41, 5.74) is 9.52. The maximum absolute atomic E-state index is 4.19. The highest BCUT2D eigenvalue weighted by molar-refractivity contribution is 5.69. The summed E-state index contributed by atoms with van der Waals surface area (Å²) in [6, 6.07) is 13.2. The van der Waals surface area contributed by atoms with Crippen LogP contribution in [0.15, 0.2) is 49.6 Å². The Hall–Kier alpha value is -2.08. The van der Waals surface area contributed by atoms with E-state index in [-0.39, 0.29) is 0 Å². The predicted molar refractivity (Wildman–Crippen MR) is 163 cm³/mol. The van der Waals surface area contributed by atoms with Crippen LogP contribution in [-0.2, 0) is 6.42 Å². The lowest BCUT2D eigenvalue weighted by atomic mass is 9.82. The predicted octanol–water partition coefficient (Wildman–Crippen LogP) is 12.1. The Kier molecular flexibility index (Phi) is 23.0. The van der Waals surface area contributed by atoms with Crippen LogP contribution in [0.25, 0.3) is 11.6 Å². The van der Waals surface area contributed by atoms with Crippen LogP contribution in [0.3, 0.4) is 0 Å². The van der Waals surface area contributed by atoms with Gasteiger partial charge in [0, 0.05) is 0 Å². The van der Waals surface area contributed by atoms with Crippen molar-refractivity contribution in [3.05, 3.63) is 82.9 Å². The summed E-state index contributed by atoms with van der Waals surface area (Å²) in [6.07, 6.45) is 2.97. The smallest absolute Gasteiger partial charge is 0.0164 e. The van der Waals surface area contributed by atoms with E-state index in [0.717, 1.165) is 6.42 Å². The summed E-state index contributed by atoms with van der Waals surface area (Å²) < 4.78 is 0. The molecule has 2 aromatic rings. The lowest BCUT2D eigenvalue weighted by Gasteiger charge is -2.23. The van der Waals surface area contributed by atoms with Crippen LogP contribution in [0, 0.1) is 0 Å². The van der Waals surface area contributed by atoms with E-state index >= 15 is 0 Å². The fraction of sp³-hybridized carbons (Fsp3) is 0.529. The molecule has 0 unspecified atom stereocenters. The Bertz CT molecular complexity index is 741. The standard InChI is InChI=1S/C18H28.C10H12.3C2H6/c1-11(2)15-9-16(12(3)4)18(14(7)8)17(10-15)13(5)6;1-3-9-5-7-10(4-2)8-6-9;3*1-2/h9-13H,7H2,1-6,8H3;3,5-8H,1,4H2,2H3;3*1-2H3. The number of allylic oxidation sites excluding steroid dienone is 1. The molecule has 0 amide bonds. The monoisotopic (exact) mass is 466 g/mol. The second-order valence-electron chi connectivity index (χ2n) is 8.62. The van der Waals surface area contributed by atoms with Gasteiger partial charge in [0.2, 0.25) is 0 Å². The third-order valence-electron chi connectivity index (χ3n) is 5.18. The molecule has 194 valence electrons. The average Bonchev–Trinajstić information content (AvgIpc) is 2.87. The Balaban J connectivity index is -0.000000507. The molecule has 0 atom stereocenters. The van der Waals surface area contributed by atoms with Crippen LogP contribution in [0.1, 0.15) is 148 Å². The van der Waals surface area contributed by atoms with Gasteiger partial charge in [0.15, 0.2) is 0 Å². The molecule has 0 aliphatic carbocycles. The summed E-state index contributed by atoms with van der Waals surface area (Å²) in [6.45, 7) is 37.8. The van der Waals surface area contributed by atoms with Crippen molar-refractivity contribution in [2.75, 3.05) is 0 Å². The van der Waals surface area contributed by atoms with Crippen LogP contribution < -0.4 is 0 Å². The molecular weight excluding hydrogens is 408 g/mol. The van der Waals surface area contributed by atoms with E-state index in [4.69, 9.17) is 0 Å². The third-order valence-corrected chi connectivity index (χ3v) is 5.18. The SMILES string of the molecule is C=C(C)c1c(C(C)C)cc(C(C)C)cc1C(C)C.C=Cc1ccc(CC)cc1.CC.CC.CC. The third kappa shape index (κ3) is 13.0. The minimum Gasteiger partial charge on any atom is -0.0985 e. The molecule has 0 saturated heterocycles. The summed E-state index contributed by atoms with van der Waals surface area (Å²) >= 11 is 0. The van der Waals surface area contributed by atoms with Crippen LogP contribution in [0.2, 0.25) is 0 Å². The minimum absolute atomic E-state index is 0.549. The number of rotatable bonds is 6. The number of benzene rings is 2. The molecule has 0 aliphatic rings. The highest BCUT2D eigenvalue weighted by Gasteiger charge is 2.17. The fourth-order valence-electron chi connectivity index (χ4n) is 3.34. The first-order chi connectivity index (χ1) is 16.1. The van der Waals surface area contributed by atoms with Crippen molar-refractivity contribution in [1.82, 2.24) is 0 Å². The number of hydrogen-bond donors (Lipinski definition) is 0. The zero-order valence-corrected chi connectivity index (χ0v) is 25.4. The van der Waals surface area contributed by atoms with E-state index in [9.17, 15) is 0 Å². The molecule has 2 rings (SSSR count). The molecule has 0 nitrogen and oxygen atoms in total. The summed E-state index contributed by atoms with van der Waals surface area (Å²) in [7, 11) is 0. The maximum atomic E-state index is 4.19. The van der Waals surface area contributed by atoms with Gasteiger partial charge in [-0.2, -0.15) is 0 Å². The van der Waals surface area contributed by atoms with Crippen molar-refractivity contribution in [3.8, 4) is 0 Å². The van der Waals surface area contributed by atoms with Gasteiger partial charge in [0.25, 0.3) is 0 Å². The molecule has 0 aromatic heterocycles. The van der Waals surface area contributed by atoms with Gasteiger partial charge in [-0.1, -0.05) is 151 Å². The van der Waals surface area contributed by atoms with Crippen molar-refractivity contribution in [1.29, 1.82) is 0 Å². The van der Waals surface area contributed by atoms with E-state index in [2.05, 4.69) is 105 Å². The van der Waals surface area contributed by atoms with Crippen molar-refractivity contribution < 1.29 is 0 Å². The molecule has 0 heterocycles. The zero-order chi connectivity index (χ0) is 27.4. The largest absolute Gasteiger partial charge is 0.0985 e. The summed E-state index contributed by atoms with van der Waals surface area (Å²) in [5, 5.41) is 0.